The minimum absolute atomic E-state index is 0.121. The molecular formula is C26H34N4O2. The molecule has 4 rings (SSSR count). The summed E-state index contributed by atoms with van der Waals surface area (Å²) >= 11 is 0. The molecule has 2 heterocycles. The number of amides is 3. The Balaban J connectivity index is 1.37. The molecule has 32 heavy (non-hydrogen) atoms. The van der Waals surface area contributed by atoms with Gasteiger partial charge in [-0.25, -0.2) is 4.79 Å². The summed E-state index contributed by atoms with van der Waals surface area (Å²) in [5.41, 5.74) is 3.22. The number of anilines is 2. The van der Waals surface area contributed by atoms with E-state index in [-0.39, 0.29) is 17.9 Å². The normalized spacial score (nSPS) is 18.8. The number of carbonyl (C=O) groups excluding carboxylic acids is 2. The minimum atomic E-state index is -0.155. The van der Waals surface area contributed by atoms with E-state index in [9.17, 15) is 9.59 Å². The van der Waals surface area contributed by atoms with Gasteiger partial charge in [0.15, 0.2) is 0 Å². The second-order valence-electron chi connectivity index (χ2n) is 8.95. The smallest absolute Gasteiger partial charge is 0.321 e. The molecule has 2 aromatic rings. The highest BCUT2D eigenvalue weighted by Crippen LogP contribution is 2.26. The lowest BCUT2D eigenvalue weighted by molar-refractivity contribution is -0.136. The zero-order valence-corrected chi connectivity index (χ0v) is 19.0. The zero-order chi connectivity index (χ0) is 22.3. The van der Waals surface area contributed by atoms with E-state index in [0.29, 0.717) is 19.6 Å². The van der Waals surface area contributed by atoms with Crippen molar-refractivity contribution in [2.75, 3.05) is 43.4 Å². The molecule has 0 bridgehead atoms. The number of hydrogen-bond donors (Lipinski definition) is 1. The van der Waals surface area contributed by atoms with Crippen LogP contribution in [-0.4, -0.2) is 55.0 Å². The highest BCUT2D eigenvalue weighted by molar-refractivity contribution is 5.90. The molecule has 1 atom stereocenters. The third kappa shape index (κ3) is 5.42. The maximum absolute atomic E-state index is 13.3. The molecule has 1 N–H and O–H groups in total. The largest absolute Gasteiger partial charge is 0.371 e. The summed E-state index contributed by atoms with van der Waals surface area (Å²) in [6.07, 6.45) is 5.42. The van der Waals surface area contributed by atoms with Crippen LogP contribution in [0.4, 0.5) is 16.2 Å². The molecule has 2 fully saturated rings. The van der Waals surface area contributed by atoms with Crippen LogP contribution in [0.2, 0.25) is 0 Å². The summed E-state index contributed by atoms with van der Waals surface area (Å²) < 4.78 is 0. The number of hydrogen-bond acceptors (Lipinski definition) is 3. The molecule has 2 saturated heterocycles. The van der Waals surface area contributed by atoms with E-state index in [4.69, 9.17) is 0 Å². The number of nitrogens with one attached hydrogen (secondary N) is 1. The molecular weight excluding hydrogens is 400 g/mol. The fourth-order valence-corrected chi connectivity index (χ4v) is 4.82. The highest BCUT2D eigenvalue weighted by Gasteiger charge is 2.30. The Morgan fingerprint density at radius 2 is 1.66 bits per heavy atom. The lowest BCUT2D eigenvalue weighted by atomic mass is 9.96. The maximum Gasteiger partial charge on any atom is 0.321 e. The van der Waals surface area contributed by atoms with Gasteiger partial charge in [-0.2, -0.15) is 0 Å². The fourth-order valence-electron chi connectivity index (χ4n) is 4.82. The van der Waals surface area contributed by atoms with Gasteiger partial charge in [0.05, 0.1) is 5.92 Å². The van der Waals surface area contributed by atoms with Crippen LogP contribution in [0.25, 0.3) is 0 Å². The van der Waals surface area contributed by atoms with Gasteiger partial charge in [0, 0.05) is 51.1 Å². The van der Waals surface area contributed by atoms with E-state index in [1.807, 2.05) is 42.3 Å². The highest BCUT2D eigenvalue weighted by atomic mass is 16.2. The molecule has 0 saturated carbocycles. The Kier molecular flexibility index (Phi) is 7.30. The fraction of sp³-hybridized carbons (Fsp3) is 0.462. The van der Waals surface area contributed by atoms with Crippen molar-refractivity contribution in [3.63, 3.8) is 0 Å². The van der Waals surface area contributed by atoms with E-state index in [1.165, 1.54) is 30.5 Å². The lowest BCUT2D eigenvalue weighted by Gasteiger charge is -2.35. The Bertz CT molecular complexity index is 911. The predicted molar refractivity (Wildman–Crippen MR) is 129 cm³/mol. The summed E-state index contributed by atoms with van der Waals surface area (Å²) in [5.74, 6) is -0.0342. The molecule has 170 valence electrons. The minimum Gasteiger partial charge on any atom is -0.371 e. The molecule has 0 radical (unpaired) electrons. The molecule has 0 aliphatic carbocycles. The lowest BCUT2D eigenvalue weighted by Crippen LogP contribution is -2.47. The van der Waals surface area contributed by atoms with Gasteiger partial charge < -0.3 is 20.0 Å². The van der Waals surface area contributed by atoms with Crippen LogP contribution >= 0.6 is 0 Å². The van der Waals surface area contributed by atoms with E-state index >= 15 is 0 Å². The summed E-state index contributed by atoms with van der Waals surface area (Å²) in [7, 11) is 1.89. The van der Waals surface area contributed by atoms with E-state index in [1.54, 1.807) is 4.90 Å². The van der Waals surface area contributed by atoms with Crippen molar-refractivity contribution >= 4 is 23.3 Å². The van der Waals surface area contributed by atoms with E-state index in [0.717, 1.165) is 31.6 Å². The van der Waals surface area contributed by atoms with Crippen molar-refractivity contribution in [1.82, 2.24) is 9.80 Å². The average Bonchev–Trinajstić information content (AvgIpc) is 2.85. The molecule has 6 nitrogen and oxygen atoms in total. The molecule has 0 spiro atoms. The number of piperidine rings is 2. The number of rotatable bonds is 5. The van der Waals surface area contributed by atoms with Gasteiger partial charge >= 0.3 is 6.03 Å². The maximum atomic E-state index is 13.3. The van der Waals surface area contributed by atoms with Crippen LogP contribution in [0.1, 0.15) is 37.7 Å². The third-order valence-corrected chi connectivity index (χ3v) is 6.56. The van der Waals surface area contributed by atoms with Gasteiger partial charge in [-0.05, 0) is 55.9 Å². The molecule has 2 aliphatic rings. The average molecular weight is 435 g/mol. The van der Waals surface area contributed by atoms with Gasteiger partial charge in [-0.15, -0.1) is 0 Å². The third-order valence-electron chi connectivity index (χ3n) is 6.56. The number of nitrogens with zero attached hydrogens (tertiary/aromatic N) is 3. The van der Waals surface area contributed by atoms with Crippen LogP contribution < -0.4 is 10.2 Å². The molecule has 3 amide bonds. The van der Waals surface area contributed by atoms with Gasteiger partial charge in [0.2, 0.25) is 5.91 Å². The van der Waals surface area contributed by atoms with Crippen LogP contribution in [0, 0.1) is 5.92 Å². The van der Waals surface area contributed by atoms with E-state index < -0.39 is 0 Å². The van der Waals surface area contributed by atoms with Gasteiger partial charge in [-0.1, -0.05) is 36.4 Å². The number of para-hydroxylation sites is 2. The first-order chi connectivity index (χ1) is 15.6. The monoisotopic (exact) mass is 434 g/mol. The van der Waals surface area contributed by atoms with Crippen LogP contribution in [0.15, 0.2) is 54.6 Å². The Hall–Kier alpha value is -3.02. The summed E-state index contributed by atoms with van der Waals surface area (Å²) in [5, 5.41) is 2.94. The zero-order valence-electron chi connectivity index (χ0n) is 19.0. The van der Waals surface area contributed by atoms with Crippen LogP contribution in [0.3, 0.4) is 0 Å². The van der Waals surface area contributed by atoms with Crippen molar-refractivity contribution in [3.05, 3.63) is 60.2 Å². The van der Waals surface area contributed by atoms with Gasteiger partial charge in [0.25, 0.3) is 0 Å². The Morgan fingerprint density at radius 3 is 2.44 bits per heavy atom. The summed E-state index contributed by atoms with van der Waals surface area (Å²) in [6, 6.07) is 17.8. The molecule has 2 aromatic carbocycles. The van der Waals surface area contributed by atoms with Crippen molar-refractivity contribution in [1.29, 1.82) is 0 Å². The van der Waals surface area contributed by atoms with Crippen LogP contribution in [-0.2, 0) is 11.3 Å². The molecule has 6 heteroatoms. The topological polar surface area (TPSA) is 55.9 Å². The van der Waals surface area contributed by atoms with Gasteiger partial charge in [0.1, 0.15) is 0 Å². The second kappa shape index (κ2) is 10.5. The van der Waals surface area contributed by atoms with Crippen molar-refractivity contribution in [3.8, 4) is 0 Å². The SMILES string of the molecule is CN(Cc1ccccc1N1CCCCC1)C(=O)[C@H]1CCCN(C(=O)Nc2ccccc2)C1. The first kappa shape index (κ1) is 22.2. The Labute approximate surface area is 191 Å². The van der Waals surface area contributed by atoms with Crippen molar-refractivity contribution in [2.45, 2.75) is 38.6 Å². The Morgan fingerprint density at radius 1 is 0.938 bits per heavy atom. The van der Waals surface area contributed by atoms with E-state index in [2.05, 4.69) is 34.5 Å². The number of likely N-dealkylation sites (tertiary alicyclic amines) is 1. The molecule has 0 aromatic heterocycles. The van der Waals surface area contributed by atoms with Crippen molar-refractivity contribution in [2.24, 2.45) is 5.92 Å². The molecule has 2 aliphatic heterocycles. The molecule has 0 unspecified atom stereocenters. The predicted octanol–water partition coefficient (Wildman–Crippen LogP) is 4.58. The quantitative estimate of drug-likeness (QED) is 0.749. The summed E-state index contributed by atoms with van der Waals surface area (Å²) in [4.78, 5) is 32.0. The second-order valence-corrected chi connectivity index (χ2v) is 8.95. The number of benzene rings is 2. The van der Waals surface area contributed by atoms with Gasteiger partial charge in [-0.3, -0.25) is 4.79 Å². The number of urea groups is 1. The van der Waals surface area contributed by atoms with Crippen LogP contribution in [0.5, 0.6) is 0 Å². The first-order valence-electron chi connectivity index (χ1n) is 11.8. The summed E-state index contributed by atoms with van der Waals surface area (Å²) in [6.45, 7) is 3.92. The van der Waals surface area contributed by atoms with Crippen molar-refractivity contribution < 1.29 is 9.59 Å². The first-order valence-corrected chi connectivity index (χ1v) is 11.8. The standard InChI is InChI=1S/C26H34N4O2/c1-28(19-21-11-6-7-15-24(21)29-16-8-3-9-17-29)25(31)22-12-10-18-30(20-22)26(32)27-23-13-4-2-5-14-23/h2,4-7,11,13-15,22H,3,8-10,12,16-20H2,1H3,(H,27,32)/t22-/m0/s1. The number of carbonyl (C=O) groups is 2.